The van der Waals surface area contributed by atoms with E-state index in [1.54, 1.807) is 19.3 Å². The minimum Gasteiger partial charge on any atom is -0.369 e. The van der Waals surface area contributed by atoms with Crippen LogP contribution >= 0.6 is 0 Å². The molecule has 1 saturated heterocycles. The largest absolute Gasteiger partial charge is 0.369 e. The summed E-state index contributed by atoms with van der Waals surface area (Å²) in [7, 11) is 1.63. The molecule has 26 heavy (non-hydrogen) atoms. The summed E-state index contributed by atoms with van der Waals surface area (Å²) in [6, 6.07) is 9.60. The molecule has 0 saturated carbocycles. The number of hydrogen-bond donors (Lipinski definition) is 1. The molecule has 3 rings (SSSR count). The Labute approximate surface area is 153 Å². The van der Waals surface area contributed by atoms with E-state index in [9.17, 15) is 9.59 Å². The van der Waals surface area contributed by atoms with Gasteiger partial charge in [-0.2, -0.15) is 5.10 Å². The number of carbonyl (C=O) groups excluding carboxylic acids is 1. The van der Waals surface area contributed by atoms with Crippen molar-refractivity contribution in [1.29, 1.82) is 0 Å². The van der Waals surface area contributed by atoms with Gasteiger partial charge in [-0.05, 0) is 36.5 Å². The summed E-state index contributed by atoms with van der Waals surface area (Å²) in [4.78, 5) is 26.5. The summed E-state index contributed by atoms with van der Waals surface area (Å²) in [5, 5.41) is 7.10. The first-order chi connectivity index (χ1) is 12.4. The molecule has 6 nitrogen and oxygen atoms in total. The zero-order valence-electron chi connectivity index (χ0n) is 15.6. The maximum atomic E-state index is 12.7. The molecule has 2 heterocycles. The van der Waals surface area contributed by atoms with Gasteiger partial charge in [0, 0.05) is 31.9 Å². The summed E-state index contributed by atoms with van der Waals surface area (Å²) < 4.78 is 1.30. The van der Waals surface area contributed by atoms with Crippen LogP contribution in [0.2, 0.25) is 0 Å². The van der Waals surface area contributed by atoms with E-state index in [1.165, 1.54) is 10.2 Å². The number of rotatable bonds is 4. The summed E-state index contributed by atoms with van der Waals surface area (Å²) in [5.41, 5.74) is 2.72. The monoisotopic (exact) mass is 354 g/mol. The molecule has 1 atom stereocenters. The second-order valence-corrected chi connectivity index (χ2v) is 7.23. The van der Waals surface area contributed by atoms with Crippen molar-refractivity contribution in [1.82, 2.24) is 9.78 Å². The molecular weight excluding hydrogens is 328 g/mol. The summed E-state index contributed by atoms with van der Waals surface area (Å²) >= 11 is 0. The van der Waals surface area contributed by atoms with Crippen LogP contribution in [0.3, 0.4) is 0 Å². The van der Waals surface area contributed by atoms with E-state index in [2.05, 4.69) is 41.3 Å². The van der Waals surface area contributed by atoms with Gasteiger partial charge in [-0.3, -0.25) is 9.59 Å². The highest BCUT2D eigenvalue weighted by Crippen LogP contribution is 2.23. The Morgan fingerprint density at radius 3 is 2.65 bits per heavy atom. The van der Waals surface area contributed by atoms with Gasteiger partial charge in [0.25, 0.3) is 5.56 Å². The minimum absolute atomic E-state index is 0.0313. The molecule has 1 aromatic carbocycles. The fraction of sp³-hybridized carbons (Fsp3) is 0.450. The van der Waals surface area contributed by atoms with E-state index in [4.69, 9.17) is 0 Å². The molecule has 0 unspecified atom stereocenters. The van der Waals surface area contributed by atoms with Crippen LogP contribution in [0.5, 0.6) is 0 Å². The molecule has 2 aromatic rings. The minimum atomic E-state index is -0.140. The van der Waals surface area contributed by atoms with Crippen LogP contribution < -0.4 is 15.8 Å². The first-order valence-electron chi connectivity index (χ1n) is 9.13. The van der Waals surface area contributed by atoms with Gasteiger partial charge in [0.05, 0.1) is 17.8 Å². The van der Waals surface area contributed by atoms with Crippen molar-refractivity contribution in [2.24, 2.45) is 13.0 Å². The first-order valence-corrected chi connectivity index (χ1v) is 9.13. The Hall–Kier alpha value is -2.63. The number of amides is 1. The third kappa shape index (κ3) is 4.12. The van der Waals surface area contributed by atoms with Crippen LogP contribution in [0.1, 0.15) is 38.2 Å². The highest BCUT2D eigenvalue weighted by molar-refractivity contribution is 5.93. The average molecular weight is 354 g/mol. The number of hydrogen-bond acceptors (Lipinski definition) is 4. The summed E-state index contributed by atoms with van der Waals surface area (Å²) in [5.74, 6) is 0.403. The number of carbonyl (C=O) groups is 1. The normalized spacial score (nSPS) is 17.4. The van der Waals surface area contributed by atoms with Gasteiger partial charge in [-0.1, -0.05) is 26.0 Å². The number of piperidine rings is 1. The van der Waals surface area contributed by atoms with Gasteiger partial charge < -0.3 is 10.2 Å². The van der Waals surface area contributed by atoms with Crippen LogP contribution in [-0.4, -0.2) is 28.8 Å². The number of anilines is 2. The number of nitrogens with zero attached hydrogens (tertiary/aromatic N) is 3. The van der Waals surface area contributed by atoms with Crippen LogP contribution in [0.25, 0.3) is 0 Å². The fourth-order valence-electron chi connectivity index (χ4n) is 3.25. The van der Waals surface area contributed by atoms with Crippen molar-refractivity contribution < 1.29 is 4.79 Å². The number of nitrogens with one attached hydrogen (secondary N) is 1. The van der Waals surface area contributed by atoms with Crippen LogP contribution in [0, 0.1) is 5.92 Å². The molecule has 1 aromatic heterocycles. The zero-order valence-corrected chi connectivity index (χ0v) is 15.6. The third-order valence-electron chi connectivity index (χ3n) is 4.96. The Balaban J connectivity index is 1.65. The Morgan fingerprint density at radius 1 is 1.27 bits per heavy atom. The van der Waals surface area contributed by atoms with Crippen molar-refractivity contribution in [3.05, 3.63) is 52.4 Å². The van der Waals surface area contributed by atoms with Crippen molar-refractivity contribution in [2.45, 2.75) is 32.6 Å². The van der Waals surface area contributed by atoms with Crippen molar-refractivity contribution >= 4 is 17.3 Å². The standard InChI is InChI=1S/C20H26N4O2/c1-14(2)15-6-8-17(9-7-15)22-20(26)16-5-4-10-24(13-16)18-11-19(25)23(3)21-12-18/h6-9,11-12,14,16H,4-5,10,13H2,1-3H3,(H,22,26)/t16-/m0/s1. The molecule has 6 heteroatoms. The molecule has 1 amide bonds. The summed E-state index contributed by atoms with van der Waals surface area (Å²) in [6.07, 6.45) is 3.45. The lowest BCUT2D eigenvalue weighted by atomic mass is 9.96. The number of aryl methyl sites for hydroxylation is 1. The lowest BCUT2D eigenvalue weighted by molar-refractivity contribution is -0.120. The number of aromatic nitrogens is 2. The van der Waals surface area contributed by atoms with Gasteiger partial charge in [0.2, 0.25) is 5.91 Å². The van der Waals surface area contributed by atoms with Gasteiger partial charge in [0.1, 0.15) is 0 Å². The SMILES string of the molecule is CC(C)c1ccc(NC(=O)[C@H]2CCCN(c3cnn(C)c(=O)c3)C2)cc1. The molecule has 0 spiro atoms. The second kappa shape index (κ2) is 7.72. The Kier molecular flexibility index (Phi) is 5.40. The lowest BCUT2D eigenvalue weighted by Crippen LogP contribution is -2.41. The van der Waals surface area contributed by atoms with Gasteiger partial charge in [-0.25, -0.2) is 4.68 Å². The van der Waals surface area contributed by atoms with E-state index < -0.39 is 0 Å². The molecule has 138 valence electrons. The fourth-order valence-corrected chi connectivity index (χ4v) is 3.25. The lowest BCUT2D eigenvalue weighted by Gasteiger charge is -2.33. The predicted molar refractivity (Wildman–Crippen MR) is 104 cm³/mol. The second-order valence-electron chi connectivity index (χ2n) is 7.23. The van der Waals surface area contributed by atoms with Gasteiger partial charge in [0.15, 0.2) is 0 Å². The zero-order chi connectivity index (χ0) is 18.7. The van der Waals surface area contributed by atoms with Crippen LogP contribution in [-0.2, 0) is 11.8 Å². The topological polar surface area (TPSA) is 67.2 Å². The molecule has 1 N–H and O–H groups in total. The van der Waals surface area contributed by atoms with Crippen molar-refractivity contribution in [3.63, 3.8) is 0 Å². The van der Waals surface area contributed by atoms with Crippen molar-refractivity contribution in [2.75, 3.05) is 23.3 Å². The highest BCUT2D eigenvalue weighted by atomic mass is 16.2. The Bertz CT molecular complexity index is 826. The van der Waals surface area contributed by atoms with Gasteiger partial charge >= 0.3 is 0 Å². The van der Waals surface area contributed by atoms with E-state index in [0.29, 0.717) is 12.5 Å². The third-order valence-corrected chi connectivity index (χ3v) is 4.96. The molecule has 0 bridgehead atoms. The van der Waals surface area contributed by atoms with Crippen LogP contribution in [0.15, 0.2) is 41.3 Å². The Morgan fingerprint density at radius 2 is 2.00 bits per heavy atom. The molecule has 1 fully saturated rings. The molecule has 0 radical (unpaired) electrons. The maximum absolute atomic E-state index is 12.7. The van der Waals surface area contributed by atoms with E-state index in [1.807, 2.05) is 12.1 Å². The quantitative estimate of drug-likeness (QED) is 0.917. The smallest absolute Gasteiger partial charge is 0.268 e. The first kappa shape index (κ1) is 18.2. The molecule has 1 aliphatic rings. The maximum Gasteiger partial charge on any atom is 0.268 e. The average Bonchev–Trinajstić information content (AvgIpc) is 2.64. The molecular formula is C20H26N4O2. The highest BCUT2D eigenvalue weighted by Gasteiger charge is 2.26. The van der Waals surface area contributed by atoms with Gasteiger partial charge in [-0.15, -0.1) is 0 Å². The predicted octanol–water partition coefficient (Wildman–Crippen LogP) is 2.76. The van der Waals surface area contributed by atoms with E-state index >= 15 is 0 Å². The van der Waals surface area contributed by atoms with E-state index in [0.717, 1.165) is 30.8 Å². The molecule has 1 aliphatic heterocycles. The van der Waals surface area contributed by atoms with Crippen molar-refractivity contribution in [3.8, 4) is 0 Å². The number of benzene rings is 1. The van der Waals surface area contributed by atoms with Crippen LogP contribution in [0.4, 0.5) is 11.4 Å². The molecule has 0 aliphatic carbocycles. The van der Waals surface area contributed by atoms with E-state index in [-0.39, 0.29) is 17.4 Å². The summed E-state index contributed by atoms with van der Waals surface area (Å²) in [6.45, 7) is 5.73.